The summed E-state index contributed by atoms with van der Waals surface area (Å²) in [5, 5.41) is 11.5. The Morgan fingerprint density at radius 1 is 1.31 bits per heavy atom. The molecular weight excluding hydrogens is 533 g/mol. The molecule has 2 aromatic rings. The molecule has 0 aliphatic carbocycles. The number of fused-ring (bicyclic) bond motifs is 1. The molecule has 0 unspecified atom stereocenters. The Morgan fingerprint density at radius 3 is 2.67 bits per heavy atom. The van der Waals surface area contributed by atoms with Crippen molar-refractivity contribution in [1.29, 1.82) is 0 Å². The third-order valence-electron chi connectivity index (χ3n) is 5.96. The first-order valence-corrected chi connectivity index (χ1v) is 11.6. The van der Waals surface area contributed by atoms with Gasteiger partial charge in [0, 0.05) is 44.0 Å². The minimum absolute atomic E-state index is 0. The van der Waals surface area contributed by atoms with Crippen molar-refractivity contribution in [1.82, 2.24) is 19.8 Å². The molecule has 2 aliphatic heterocycles. The number of amides is 2. The molecule has 2 atom stereocenters. The largest absolute Gasteiger partial charge is 0.433 e. The first kappa shape index (κ1) is 28.2. The first-order chi connectivity index (χ1) is 16.4. The molecule has 4 rings (SSSR count). The Kier molecular flexibility index (Phi) is 8.23. The van der Waals surface area contributed by atoms with E-state index in [2.05, 4.69) is 9.97 Å². The summed E-state index contributed by atoms with van der Waals surface area (Å²) in [4.78, 5) is 35.1. The van der Waals surface area contributed by atoms with E-state index in [1.807, 2.05) is 0 Å². The Hall–Kier alpha value is -2.42. The average molecular weight is 556 g/mol. The molecule has 0 saturated carbocycles. The number of aliphatic hydroxyl groups is 1. The molecule has 2 aromatic heterocycles. The summed E-state index contributed by atoms with van der Waals surface area (Å²) in [6.45, 7) is -0.699. The van der Waals surface area contributed by atoms with Crippen LogP contribution in [0, 0.1) is 0 Å². The van der Waals surface area contributed by atoms with Crippen LogP contribution in [0.25, 0.3) is 10.7 Å². The number of thiophene rings is 1. The SMILES string of the molecule is Cl.N[C@@H](CC(=O)N1CCc2c(nc(-c3cccs3)nc2C(F)(F)F)C1)CN1C(=O)CCC(F)(F)[C@H]1O. The maximum atomic E-state index is 13.8. The molecule has 15 heteroatoms. The van der Waals surface area contributed by atoms with Gasteiger partial charge in [-0.15, -0.1) is 23.7 Å². The van der Waals surface area contributed by atoms with Crippen molar-refractivity contribution in [3.63, 3.8) is 0 Å². The number of aliphatic hydroxyl groups excluding tert-OH is 1. The Balaban J connectivity index is 0.00000361. The molecule has 2 aliphatic rings. The van der Waals surface area contributed by atoms with E-state index in [0.717, 1.165) is 0 Å². The number of nitrogens with two attached hydrogens (primary N) is 1. The summed E-state index contributed by atoms with van der Waals surface area (Å²) >= 11 is 1.18. The average Bonchev–Trinajstić information content (AvgIpc) is 3.33. The van der Waals surface area contributed by atoms with Crippen molar-refractivity contribution in [2.45, 2.75) is 56.6 Å². The number of rotatable bonds is 5. The third-order valence-corrected chi connectivity index (χ3v) is 6.83. The summed E-state index contributed by atoms with van der Waals surface area (Å²) in [5.41, 5.74) is 4.89. The summed E-state index contributed by atoms with van der Waals surface area (Å²) in [6.07, 6.45) is -8.74. The van der Waals surface area contributed by atoms with E-state index in [0.29, 0.717) is 9.78 Å². The summed E-state index contributed by atoms with van der Waals surface area (Å²) < 4.78 is 68.6. The number of piperidine rings is 1. The van der Waals surface area contributed by atoms with E-state index in [-0.39, 0.29) is 55.4 Å². The van der Waals surface area contributed by atoms with E-state index in [1.54, 1.807) is 17.5 Å². The maximum Gasteiger partial charge on any atom is 0.433 e. The predicted molar refractivity (Wildman–Crippen MR) is 121 cm³/mol. The highest BCUT2D eigenvalue weighted by Gasteiger charge is 2.48. The Labute approximate surface area is 212 Å². The van der Waals surface area contributed by atoms with Crippen molar-refractivity contribution < 1.29 is 36.6 Å². The van der Waals surface area contributed by atoms with Gasteiger partial charge in [0.1, 0.15) is 0 Å². The molecule has 198 valence electrons. The zero-order chi connectivity index (χ0) is 25.5. The van der Waals surface area contributed by atoms with Crippen molar-refractivity contribution in [2.24, 2.45) is 5.73 Å². The van der Waals surface area contributed by atoms with E-state index >= 15 is 0 Å². The van der Waals surface area contributed by atoms with Gasteiger partial charge in [0.15, 0.2) is 17.7 Å². The standard InChI is InChI=1S/C21H22F5N5O3S.ClH/c22-20(23)5-3-15(32)31(19(20)34)9-11(27)8-16(33)30-6-4-12-13(10-30)28-18(14-2-1-7-35-14)29-17(12)21(24,25)26;/h1-2,7,11,19,34H,3-6,8-10,27H2;1H/t11-,19+;/m0./s1. The molecule has 0 bridgehead atoms. The normalized spacial score (nSPS) is 20.5. The monoisotopic (exact) mass is 555 g/mol. The number of likely N-dealkylation sites (tertiary alicyclic amines) is 1. The van der Waals surface area contributed by atoms with Crippen LogP contribution in [-0.4, -0.2) is 68.0 Å². The van der Waals surface area contributed by atoms with E-state index in [9.17, 15) is 36.6 Å². The fraction of sp³-hybridized carbons (Fsp3) is 0.524. The van der Waals surface area contributed by atoms with Gasteiger partial charge in [0.25, 0.3) is 5.92 Å². The van der Waals surface area contributed by atoms with Gasteiger partial charge in [-0.2, -0.15) is 13.2 Å². The fourth-order valence-electron chi connectivity index (χ4n) is 4.18. The molecular formula is C21H23ClF5N5O3S. The van der Waals surface area contributed by atoms with Gasteiger partial charge in [-0.1, -0.05) is 6.07 Å². The van der Waals surface area contributed by atoms with Crippen LogP contribution in [-0.2, 0) is 28.7 Å². The van der Waals surface area contributed by atoms with E-state index < -0.39 is 61.3 Å². The molecule has 0 spiro atoms. The second kappa shape index (κ2) is 10.5. The molecule has 36 heavy (non-hydrogen) atoms. The zero-order valence-corrected chi connectivity index (χ0v) is 20.3. The number of nitrogens with zero attached hydrogens (tertiary/aromatic N) is 4. The van der Waals surface area contributed by atoms with Crippen molar-refractivity contribution in [3.05, 3.63) is 34.5 Å². The maximum absolute atomic E-state index is 13.8. The van der Waals surface area contributed by atoms with Crippen LogP contribution in [0.15, 0.2) is 17.5 Å². The number of aromatic nitrogens is 2. The van der Waals surface area contributed by atoms with Gasteiger partial charge in [0.05, 0.1) is 17.1 Å². The van der Waals surface area contributed by atoms with Crippen LogP contribution < -0.4 is 5.73 Å². The van der Waals surface area contributed by atoms with E-state index in [1.165, 1.54) is 16.2 Å². The van der Waals surface area contributed by atoms with Gasteiger partial charge in [-0.25, -0.2) is 18.7 Å². The van der Waals surface area contributed by atoms with Crippen molar-refractivity contribution in [3.8, 4) is 10.7 Å². The van der Waals surface area contributed by atoms with Crippen LogP contribution in [0.1, 0.15) is 36.2 Å². The lowest BCUT2D eigenvalue weighted by Crippen LogP contribution is -2.58. The van der Waals surface area contributed by atoms with Gasteiger partial charge in [-0.3, -0.25) is 9.59 Å². The predicted octanol–water partition coefficient (Wildman–Crippen LogP) is 2.82. The van der Waals surface area contributed by atoms with Gasteiger partial charge in [-0.05, 0) is 17.9 Å². The number of carbonyl (C=O) groups excluding carboxylic acids is 2. The minimum Gasteiger partial charge on any atom is -0.368 e. The third kappa shape index (κ3) is 5.76. The lowest BCUT2D eigenvalue weighted by molar-refractivity contribution is -0.205. The van der Waals surface area contributed by atoms with Gasteiger partial charge in [0.2, 0.25) is 11.8 Å². The highest BCUT2D eigenvalue weighted by Crippen LogP contribution is 2.36. The highest BCUT2D eigenvalue weighted by atomic mass is 35.5. The summed E-state index contributed by atoms with van der Waals surface area (Å²) in [6, 6.07) is 2.19. The second-order valence-electron chi connectivity index (χ2n) is 8.51. The molecule has 3 N–H and O–H groups in total. The molecule has 0 aromatic carbocycles. The van der Waals surface area contributed by atoms with Crippen LogP contribution in [0.4, 0.5) is 22.0 Å². The lowest BCUT2D eigenvalue weighted by Gasteiger charge is -2.38. The molecule has 4 heterocycles. The smallest absolute Gasteiger partial charge is 0.368 e. The molecule has 0 radical (unpaired) electrons. The number of alkyl halides is 5. The second-order valence-corrected chi connectivity index (χ2v) is 9.45. The number of halogens is 6. The molecule has 1 fully saturated rings. The number of hydrogen-bond acceptors (Lipinski definition) is 7. The first-order valence-electron chi connectivity index (χ1n) is 10.8. The number of hydrogen-bond donors (Lipinski definition) is 2. The summed E-state index contributed by atoms with van der Waals surface area (Å²) in [5.74, 6) is -4.80. The van der Waals surface area contributed by atoms with Crippen molar-refractivity contribution in [2.75, 3.05) is 13.1 Å². The quantitative estimate of drug-likeness (QED) is 0.549. The van der Waals surface area contributed by atoms with Crippen LogP contribution in [0.2, 0.25) is 0 Å². The summed E-state index contributed by atoms with van der Waals surface area (Å²) in [7, 11) is 0. The van der Waals surface area contributed by atoms with Crippen LogP contribution in [0.3, 0.4) is 0 Å². The van der Waals surface area contributed by atoms with Crippen LogP contribution >= 0.6 is 23.7 Å². The molecule has 1 saturated heterocycles. The highest BCUT2D eigenvalue weighted by molar-refractivity contribution is 7.13. The molecule has 2 amide bonds. The fourth-order valence-corrected chi connectivity index (χ4v) is 4.83. The van der Waals surface area contributed by atoms with E-state index in [4.69, 9.17) is 5.73 Å². The topological polar surface area (TPSA) is 113 Å². The van der Waals surface area contributed by atoms with Crippen LogP contribution in [0.5, 0.6) is 0 Å². The van der Waals surface area contributed by atoms with Gasteiger partial charge < -0.3 is 20.6 Å². The van der Waals surface area contributed by atoms with Gasteiger partial charge >= 0.3 is 6.18 Å². The zero-order valence-electron chi connectivity index (χ0n) is 18.7. The van der Waals surface area contributed by atoms with Crippen molar-refractivity contribution >= 4 is 35.6 Å². The molecule has 8 nitrogen and oxygen atoms in total. The Bertz CT molecular complexity index is 1120. The Morgan fingerprint density at radius 2 is 2.03 bits per heavy atom. The number of carbonyl (C=O) groups is 2. The lowest BCUT2D eigenvalue weighted by atomic mass is 10.0. The minimum atomic E-state index is -4.70.